The molecule has 2 heterocycles. The second-order valence-corrected chi connectivity index (χ2v) is 10.0. The highest BCUT2D eigenvalue weighted by Crippen LogP contribution is 2.34. The van der Waals surface area contributed by atoms with E-state index in [9.17, 15) is 18.8 Å². The molecule has 3 amide bonds. The number of aromatic nitrogens is 1. The average Bonchev–Trinajstić information content (AvgIpc) is 3.33. The Kier molecular flexibility index (Phi) is 6.86. The van der Waals surface area contributed by atoms with Crippen molar-refractivity contribution in [1.29, 1.82) is 0 Å². The lowest BCUT2D eigenvalue weighted by atomic mass is 10.1. The number of carbonyl (C=O) groups excluding carboxylic acids is 3. The van der Waals surface area contributed by atoms with Crippen LogP contribution >= 0.6 is 23.4 Å². The molecule has 0 saturated carbocycles. The number of halogens is 2. The lowest BCUT2D eigenvalue weighted by molar-refractivity contribution is -0.127. The van der Waals surface area contributed by atoms with Crippen LogP contribution in [0.3, 0.4) is 0 Å². The molecular formula is C28H21ClFN3O3S. The molecule has 6 nitrogen and oxygen atoms in total. The third kappa shape index (κ3) is 5.16. The van der Waals surface area contributed by atoms with Gasteiger partial charge in [0, 0.05) is 38.9 Å². The monoisotopic (exact) mass is 533 g/mol. The number of nitrogens with one attached hydrogen (secondary N) is 1. The summed E-state index contributed by atoms with van der Waals surface area (Å²) in [6.45, 7) is 1.71. The maximum atomic E-state index is 14.4. The summed E-state index contributed by atoms with van der Waals surface area (Å²) in [7, 11) is 0. The molecule has 0 spiro atoms. The number of hydrogen-bond donors (Lipinski definition) is 1. The molecule has 1 aliphatic rings. The van der Waals surface area contributed by atoms with Crippen LogP contribution in [0, 0.1) is 12.7 Å². The quantitative estimate of drug-likeness (QED) is 0.288. The molecule has 186 valence electrons. The molecule has 9 heteroatoms. The van der Waals surface area contributed by atoms with Gasteiger partial charge in [0.05, 0.1) is 11.4 Å². The van der Waals surface area contributed by atoms with Gasteiger partial charge in [0.25, 0.3) is 11.1 Å². The maximum absolute atomic E-state index is 14.4. The van der Waals surface area contributed by atoms with E-state index in [-0.39, 0.29) is 18.0 Å². The topological polar surface area (TPSA) is 71.4 Å². The number of thioether (sulfide) groups is 1. The summed E-state index contributed by atoms with van der Waals surface area (Å²) < 4.78 is 16.3. The van der Waals surface area contributed by atoms with Crippen molar-refractivity contribution in [3.05, 3.63) is 105 Å². The lowest BCUT2D eigenvalue weighted by Gasteiger charge is -2.12. The zero-order chi connectivity index (χ0) is 26.1. The molecule has 0 unspecified atom stereocenters. The van der Waals surface area contributed by atoms with Crippen molar-refractivity contribution in [1.82, 2.24) is 9.47 Å². The maximum Gasteiger partial charge on any atom is 0.294 e. The molecular weight excluding hydrogens is 513 g/mol. The number of amides is 3. The van der Waals surface area contributed by atoms with E-state index in [1.165, 1.54) is 6.07 Å². The van der Waals surface area contributed by atoms with Crippen LogP contribution in [0.25, 0.3) is 17.0 Å². The van der Waals surface area contributed by atoms with E-state index in [1.807, 2.05) is 47.9 Å². The minimum Gasteiger partial charge on any atom is -0.342 e. The number of rotatable bonds is 6. The Hall–Kier alpha value is -3.88. The minimum atomic E-state index is -0.539. The van der Waals surface area contributed by atoms with Crippen LogP contribution in [0.15, 0.2) is 77.8 Å². The Bertz CT molecular complexity index is 1580. The molecule has 4 aromatic rings. The molecule has 1 aromatic heterocycles. The molecule has 1 saturated heterocycles. The van der Waals surface area contributed by atoms with Crippen molar-refractivity contribution in [2.75, 3.05) is 11.9 Å². The predicted molar refractivity (Wildman–Crippen MR) is 145 cm³/mol. The first-order valence-corrected chi connectivity index (χ1v) is 12.6. The third-order valence-electron chi connectivity index (χ3n) is 5.97. The molecule has 0 aliphatic carbocycles. The highest BCUT2D eigenvalue weighted by molar-refractivity contribution is 8.18. The summed E-state index contributed by atoms with van der Waals surface area (Å²) in [5, 5.41) is 3.36. The Labute approximate surface area is 221 Å². The molecule has 0 radical (unpaired) electrons. The summed E-state index contributed by atoms with van der Waals surface area (Å²) in [6.07, 6.45) is 3.43. The Morgan fingerprint density at radius 3 is 2.65 bits per heavy atom. The van der Waals surface area contributed by atoms with Crippen LogP contribution in [0.5, 0.6) is 0 Å². The van der Waals surface area contributed by atoms with Gasteiger partial charge in [0.15, 0.2) is 0 Å². The van der Waals surface area contributed by atoms with Crippen LogP contribution in [0.2, 0.25) is 5.02 Å². The van der Waals surface area contributed by atoms with Crippen LogP contribution in [0.1, 0.15) is 16.7 Å². The van der Waals surface area contributed by atoms with Crippen molar-refractivity contribution in [2.45, 2.75) is 13.5 Å². The highest BCUT2D eigenvalue weighted by atomic mass is 35.5. The van der Waals surface area contributed by atoms with Crippen LogP contribution in [0.4, 0.5) is 14.9 Å². The summed E-state index contributed by atoms with van der Waals surface area (Å²) in [5.41, 5.74) is 3.44. The Morgan fingerprint density at radius 1 is 1.08 bits per heavy atom. The smallest absolute Gasteiger partial charge is 0.294 e. The fourth-order valence-electron chi connectivity index (χ4n) is 4.22. The predicted octanol–water partition coefficient (Wildman–Crippen LogP) is 6.47. The van der Waals surface area contributed by atoms with Gasteiger partial charge >= 0.3 is 0 Å². The first kappa shape index (κ1) is 24.8. The lowest BCUT2D eigenvalue weighted by Crippen LogP contribution is -2.36. The van der Waals surface area contributed by atoms with Crippen molar-refractivity contribution in [2.24, 2.45) is 0 Å². The summed E-state index contributed by atoms with van der Waals surface area (Å²) in [6, 6.07) is 19.3. The van der Waals surface area contributed by atoms with Crippen LogP contribution < -0.4 is 5.32 Å². The van der Waals surface area contributed by atoms with E-state index in [0.717, 1.165) is 33.1 Å². The van der Waals surface area contributed by atoms with Gasteiger partial charge in [-0.3, -0.25) is 19.3 Å². The number of imide groups is 1. The number of anilines is 1. The SMILES string of the molecule is Cc1cccc(NC(=O)CN2C(=O)S/C(=C/c3cn(Cc4c(F)cccc4Cl)c4ccccc34)C2=O)c1. The fourth-order valence-corrected chi connectivity index (χ4v) is 5.27. The molecule has 5 rings (SSSR count). The number of nitrogens with zero attached hydrogens (tertiary/aromatic N) is 2. The van der Waals surface area contributed by atoms with E-state index < -0.39 is 22.9 Å². The molecule has 37 heavy (non-hydrogen) atoms. The van der Waals surface area contributed by atoms with Crippen LogP contribution in [-0.4, -0.2) is 33.1 Å². The van der Waals surface area contributed by atoms with Crippen molar-refractivity contribution >= 4 is 63.1 Å². The summed E-state index contributed by atoms with van der Waals surface area (Å²) in [5.74, 6) is -1.41. The third-order valence-corrected chi connectivity index (χ3v) is 7.23. The first-order valence-electron chi connectivity index (χ1n) is 11.4. The van der Waals surface area contributed by atoms with Crippen LogP contribution in [-0.2, 0) is 16.1 Å². The zero-order valence-corrected chi connectivity index (χ0v) is 21.3. The second-order valence-electron chi connectivity index (χ2n) is 8.62. The zero-order valence-electron chi connectivity index (χ0n) is 19.7. The van der Waals surface area contributed by atoms with E-state index >= 15 is 0 Å². The van der Waals surface area contributed by atoms with Gasteiger partial charge in [0.2, 0.25) is 5.91 Å². The van der Waals surface area contributed by atoms with Gasteiger partial charge in [-0.05, 0) is 60.7 Å². The van der Waals surface area contributed by atoms with Gasteiger partial charge in [-0.1, -0.05) is 48.0 Å². The fraction of sp³-hybridized carbons (Fsp3) is 0.107. The van der Waals surface area contributed by atoms with Gasteiger partial charge < -0.3 is 9.88 Å². The average molecular weight is 534 g/mol. The number of para-hydroxylation sites is 1. The van der Waals surface area contributed by atoms with E-state index in [1.54, 1.807) is 36.5 Å². The Morgan fingerprint density at radius 2 is 1.86 bits per heavy atom. The van der Waals surface area contributed by atoms with E-state index in [2.05, 4.69) is 5.32 Å². The highest BCUT2D eigenvalue weighted by Gasteiger charge is 2.36. The molecule has 3 aromatic carbocycles. The van der Waals surface area contributed by atoms with Gasteiger partial charge in [-0.15, -0.1) is 0 Å². The number of aryl methyl sites for hydroxylation is 1. The summed E-state index contributed by atoms with van der Waals surface area (Å²) >= 11 is 7.02. The van der Waals surface area contributed by atoms with Gasteiger partial charge in [-0.2, -0.15) is 0 Å². The van der Waals surface area contributed by atoms with Crippen molar-refractivity contribution in [3.8, 4) is 0 Å². The molecule has 1 fully saturated rings. The normalized spacial score (nSPS) is 14.7. The molecule has 0 bridgehead atoms. The van der Waals surface area contributed by atoms with Crippen molar-refractivity contribution in [3.63, 3.8) is 0 Å². The largest absolute Gasteiger partial charge is 0.342 e. The van der Waals surface area contributed by atoms with E-state index in [0.29, 0.717) is 21.8 Å². The number of benzene rings is 3. The number of fused-ring (bicyclic) bond motifs is 1. The second kappa shape index (κ2) is 10.2. The Balaban J connectivity index is 1.40. The number of hydrogen-bond acceptors (Lipinski definition) is 4. The van der Waals surface area contributed by atoms with Gasteiger partial charge in [-0.25, -0.2) is 4.39 Å². The molecule has 1 aliphatic heterocycles. The first-order chi connectivity index (χ1) is 17.8. The molecule has 0 atom stereocenters. The van der Waals surface area contributed by atoms with Gasteiger partial charge in [0.1, 0.15) is 12.4 Å². The minimum absolute atomic E-state index is 0.195. The van der Waals surface area contributed by atoms with Crippen molar-refractivity contribution < 1.29 is 18.8 Å². The number of carbonyl (C=O) groups is 3. The summed E-state index contributed by atoms with van der Waals surface area (Å²) in [4.78, 5) is 39.3. The standard InChI is InChI=1S/C28H21ClFN3O3S/c1-17-6-4-7-19(12-17)31-26(34)16-33-27(35)25(37-28(33)36)13-18-14-32(24-11-3-2-8-20(18)24)15-21-22(29)9-5-10-23(21)30/h2-14H,15-16H2,1H3,(H,31,34)/b25-13+. The van der Waals surface area contributed by atoms with E-state index in [4.69, 9.17) is 11.6 Å². The molecule has 1 N–H and O–H groups in total.